The lowest BCUT2D eigenvalue weighted by Gasteiger charge is -2.03. The minimum absolute atomic E-state index is 0.253. The highest BCUT2D eigenvalue weighted by molar-refractivity contribution is 7.80. The van der Waals surface area contributed by atoms with E-state index in [1.807, 2.05) is 6.07 Å². The zero-order chi connectivity index (χ0) is 11.0. The highest BCUT2D eigenvalue weighted by Crippen LogP contribution is 2.26. The quantitative estimate of drug-likeness (QED) is 0.797. The first-order valence-electron chi connectivity index (χ1n) is 4.13. The number of aromatic nitrogens is 1. The molecule has 0 bridgehead atoms. The average Bonchev–Trinajstić information content (AvgIpc) is 2.16. The number of halogens is 2. The van der Waals surface area contributed by atoms with Crippen molar-refractivity contribution in [3.63, 3.8) is 0 Å². The van der Waals surface area contributed by atoms with Gasteiger partial charge in [0.05, 0.1) is 16.2 Å². The number of rotatable bonds is 1. The molecule has 0 aliphatic rings. The highest BCUT2D eigenvalue weighted by atomic mass is 35.5. The molecule has 0 unspecified atom stereocenters. The van der Waals surface area contributed by atoms with Gasteiger partial charge < -0.3 is 5.73 Å². The van der Waals surface area contributed by atoms with Crippen molar-refractivity contribution in [2.75, 3.05) is 0 Å². The minimum Gasteiger partial charge on any atom is -0.388 e. The Morgan fingerprint density at radius 2 is 2.00 bits per heavy atom. The summed E-state index contributed by atoms with van der Waals surface area (Å²) in [6, 6.07) is 7.02. The zero-order valence-corrected chi connectivity index (χ0v) is 9.83. The van der Waals surface area contributed by atoms with Crippen molar-refractivity contribution in [1.29, 1.82) is 0 Å². The Kier molecular flexibility index (Phi) is 2.78. The van der Waals surface area contributed by atoms with Gasteiger partial charge in [-0.15, -0.1) is 0 Å². The minimum atomic E-state index is 0.253. The number of nitrogens with zero attached hydrogens (tertiary/aromatic N) is 1. The zero-order valence-electron chi connectivity index (χ0n) is 7.50. The van der Waals surface area contributed by atoms with E-state index in [0.717, 1.165) is 5.39 Å². The summed E-state index contributed by atoms with van der Waals surface area (Å²) in [5.74, 6) is 0. The Morgan fingerprint density at radius 1 is 1.27 bits per heavy atom. The maximum absolute atomic E-state index is 6.01. The van der Waals surface area contributed by atoms with Crippen LogP contribution < -0.4 is 5.73 Å². The van der Waals surface area contributed by atoms with Crippen molar-refractivity contribution < 1.29 is 0 Å². The molecule has 76 valence electrons. The molecule has 15 heavy (non-hydrogen) atoms. The summed E-state index contributed by atoms with van der Waals surface area (Å²) in [6.45, 7) is 0. The molecule has 0 spiro atoms. The molecule has 5 heteroatoms. The lowest BCUT2D eigenvalue weighted by atomic mass is 10.2. The van der Waals surface area contributed by atoms with Crippen LogP contribution in [-0.2, 0) is 0 Å². The number of thiocarbonyl (C=S) groups is 1. The number of hydrogen-bond donors (Lipinski definition) is 1. The smallest absolute Gasteiger partial charge is 0.122 e. The monoisotopic (exact) mass is 256 g/mol. The first-order chi connectivity index (χ1) is 7.08. The van der Waals surface area contributed by atoms with Gasteiger partial charge in [0.15, 0.2) is 0 Å². The van der Waals surface area contributed by atoms with E-state index in [4.69, 9.17) is 41.2 Å². The van der Waals surface area contributed by atoms with E-state index in [2.05, 4.69) is 4.98 Å². The van der Waals surface area contributed by atoms with Gasteiger partial charge in [-0.25, -0.2) is 4.98 Å². The van der Waals surface area contributed by atoms with E-state index in [-0.39, 0.29) is 4.99 Å². The molecule has 0 fully saturated rings. The standard InChI is InChI=1S/C10H6Cl2N2S/c11-6-3-5-1-2-8(10(13)15)14-9(5)7(12)4-6/h1-4H,(H2,13,15). The van der Waals surface area contributed by atoms with Crippen LogP contribution in [0, 0.1) is 0 Å². The van der Waals surface area contributed by atoms with E-state index in [1.54, 1.807) is 18.2 Å². The van der Waals surface area contributed by atoms with Gasteiger partial charge in [-0.1, -0.05) is 41.5 Å². The molecule has 2 aromatic rings. The van der Waals surface area contributed by atoms with Crippen LogP contribution in [0.5, 0.6) is 0 Å². The fourth-order valence-electron chi connectivity index (χ4n) is 1.29. The maximum Gasteiger partial charge on any atom is 0.122 e. The average molecular weight is 257 g/mol. The molecule has 2 nitrogen and oxygen atoms in total. The van der Waals surface area contributed by atoms with Crippen molar-refractivity contribution in [2.45, 2.75) is 0 Å². The number of fused-ring (bicyclic) bond motifs is 1. The third kappa shape index (κ3) is 2.04. The van der Waals surface area contributed by atoms with E-state index < -0.39 is 0 Å². The number of pyridine rings is 1. The van der Waals surface area contributed by atoms with Crippen LogP contribution in [0.3, 0.4) is 0 Å². The molecule has 0 saturated heterocycles. The van der Waals surface area contributed by atoms with E-state index in [9.17, 15) is 0 Å². The Balaban J connectivity index is 2.76. The summed E-state index contributed by atoms with van der Waals surface area (Å²) in [6.07, 6.45) is 0. The first-order valence-corrected chi connectivity index (χ1v) is 5.30. The van der Waals surface area contributed by atoms with Gasteiger partial charge in [0.1, 0.15) is 4.99 Å². The van der Waals surface area contributed by atoms with Gasteiger partial charge in [0, 0.05) is 10.4 Å². The van der Waals surface area contributed by atoms with Crippen LogP contribution in [0.2, 0.25) is 10.0 Å². The molecule has 1 aromatic heterocycles. The Hall–Kier alpha value is -0.900. The number of hydrogen-bond acceptors (Lipinski definition) is 2. The molecule has 0 saturated carbocycles. The molecule has 0 amide bonds. The summed E-state index contributed by atoms with van der Waals surface area (Å²) in [5.41, 5.74) is 6.70. The summed E-state index contributed by atoms with van der Waals surface area (Å²) >= 11 is 16.7. The maximum atomic E-state index is 6.01. The van der Waals surface area contributed by atoms with Crippen molar-refractivity contribution in [3.05, 3.63) is 40.0 Å². The van der Waals surface area contributed by atoms with Gasteiger partial charge in [0.25, 0.3) is 0 Å². The van der Waals surface area contributed by atoms with Gasteiger partial charge in [0.2, 0.25) is 0 Å². The molecule has 0 aliphatic heterocycles. The SMILES string of the molecule is NC(=S)c1ccc2cc(Cl)cc(Cl)c2n1. The fraction of sp³-hybridized carbons (Fsp3) is 0. The molecular formula is C10H6Cl2N2S. The largest absolute Gasteiger partial charge is 0.388 e. The van der Waals surface area contributed by atoms with E-state index in [1.165, 1.54) is 0 Å². The van der Waals surface area contributed by atoms with Crippen molar-refractivity contribution in [2.24, 2.45) is 5.73 Å². The van der Waals surface area contributed by atoms with Crippen LogP contribution in [0.1, 0.15) is 5.69 Å². The highest BCUT2D eigenvalue weighted by Gasteiger charge is 2.05. The third-order valence-electron chi connectivity index (χ3n) is 1.96. The first kappa shape index (κ1) is 10.6. The van der Waals surface area contributed by atoms with Gasteiger partial charge in [-0.05, 0) is 18.2 Å². The predicted octanol–water partition coefficient (Wildman–Crippen LogP) is 3.18. The summed E-state index contributed by atoms with van der Waals surface area (Å²) in [7, 11) is 0. The second-order valence-corrected chi connectivity index (χ2v) is 4.30. The molecular weight excluding hydrogens is 251 g/mol. The Bertz CT molecular complexity index is 554. The van der Waals surface area contributed by atoms with Crippen molar-refractivity contribution in [1.82, 2.24) is 4.98 Å². The lowest BCUT2D eigenvalue weighted by molar-refractivity contribution is 1.36. The molecule has 0 radical (unpaired) electrons. The fourth-order valence-corrected chi connectivity index (χ4v) is 1.96. The normalized spacial score (nSPS) is 10.5. The Labute approximate surface area is 102 Å². The number of nitrogens with two attached hydrogens (primary N) is 1. The summed E-state index contributed by atoms with van der Waals surface area (Å²) < 4.78 is 0. The van der Waals surface area contributed by atoms with Crippen molar-refractivity contribution >= 4 is 51.3 Å². The predicted molar refractivity (Wildman–Crippen MR) is 67.7 cm³/mol. The number of benzene rings is 1. The lowest BCUT2D eigenvalue weighted by Crippen LogP contribution is -2.11. The molecule has 1 aromatic carbocycles. The van der Waals surface area contributed by atoms with Crippen LogP contribution in [0.15, 0.2) is 24.3 Å². The third-order valence-corrected chi connectivity index (χ3v) is 2.68. The summed E-state index contributed by atoms with van der Waals surface area (Å²) in [4.78, 5) is 4.51. The second kappa shape index (κ2) is 3.93. The van der Waals surface area contributed by atoms with E-state index >= 15 is 0 Å². The van der Waals surface area contributed by atoms with Crippen LogP contribution >= 0.6 is 35.4 Å². The molecule has 2 N–H and O–H groups in total. The molecule has 1 heterocycles. The van der Waals surface area contributed by atoms with Crippen LogP contribution in [-0.4, -0.2) is 9.97 Å². The topological polar surface area (TPSA) is 38.9 Å². The van der Waals surface area contributed by atoms with Crippen molar-refractivity contribution in [3.8, 4) is 0 Å². The van der Waals surface area contributed by atoms with Gasteiger partial charge >= 0.3 is 0 Å². The van der Waals surface area contributed by atoms with Gasteiger partial charge in [-0.2, -0.15) is 0 Å². The van der Waals surface area contributed by atoms with Crippen LogP contribution in [0.25, 0.3) is 10.9 Å². The molecule has 2 rings (SSSR count). The molecule has 0 atom stereocenters. The second-order valence-electron chi connectivity index (χ2n) is 3.02. The Morgan fingerprint density at radius 3 is 2.67 bits per heavy atom. The molecule has 0 aliphatic carbocycles. The van der Waals surface area contributed by atoms with E-state index in [0.29, 0.717) is 21.3 Å². The summed E-state index contributed by atoms with van der Waals surface area (Å²) in [5, 5.41) is 1.94. The van der Waals surface area contributed by atoms with Gasteiger partial charge in [-0.3, -0.25) is 0 Å². The van der Waals surface area contributed by atoms with Crippen LogP contribution in [0.4, 0.5) is 0 Å².